The monoisotopic (exact) mass is 386 g/mol. The van der Waals surface area contributed by atoms with Crippen LogP contribution in [0, 0.1) is 20.8 Å². The van der Waals surface area contributed by atoms with Crippen molar-refractivity contribution in [3.8, 4) is 17.2 Å². The third-order valence-corrected chi connectivity index (χ3v) is 4.50. The van der Waals surface area contributed by atoms with E-state index in [1.165, 1.54) is 0 Å². The van der Waals surface area contributed by atoms with Gasteiger partial charge in [0.1, 0.15) is 11.3 Å². The molecule has 0 aliphatic carbocycles. The second-order valence-corrected chi connectivity index (χ2v) is 7.23. The smallest absolute Gasteiger partial charge is 0.262 e. The number of carbonyl (C=O) groups is 1. The second-order valence-electron chi connectivity index (χ2n) is 7.23. The molecule has 146 valence electrons. The van der Waals surface area contributed by atoms with Gasteiger partial charge in [-0.15, -0.1) is 0 Å². The molecule has 3 aromatic carbocycles. The molecule has 4 aromatic rings. The first-order chi connectivity index (χ1) is 14.0. The van der Waals surface area contributed by atoms with Gasteiger partial charge in [0.15, 0.2) is 12.2 Å². The number of carbonyl (C=O) groups excluding carboxylic acids is 1. The average molecular weight is 386 g/mol. The highest BCUT2D eigenvalue weighted by Gasteiger charge is 2.11. The minimum atomic E-state index is -0.231. The summed E-state index contributed by atoms with van der Waals surface area (Å²) in [7, 11) is 0. The van der Waals surface area contributed by atoms with E-state index in [1.54, 1.807) is 12.1 Å². The summed E-state index contributed by atoms with van der Waals surface area (Å²) < 4.78 is 11.5. The van der Waals surface area contributed by atoms with E-state index in [0.717, 1.165) is 22.3 Å². The molecule has 1 amide bonds. The first-order valence-electron chi connectivity index (χ1n) is 9.45. The number of hydrogen-bond donors (Lipinski definition) is 1. The molecule has 0 unspecified atom stereocenters. The third kappa shape index (κ3) is 4.46. The van der Waals surface area contributed by atoms with Crippen LogP contribution in [0.25, 0.3) is 22.6 Å². The highest BCUT2D eigenvalue weighted by molar-refractivity contribution is 5.94. The Morgan fingerprint density at radius 1 is 0.966 bits per heavy atom. The fourth-order valence-corrected chi connectivity index (χ4v) is 3.27. The van der Waals surface area contributed by atoms with E-state index in [-0.39, 0.29) is 12.5 Å². The zero-order valence-electron chi connectivity index (χ0n) is 16.7. The highest BCUT2D eigenvalue weighted by atomic mass is 16.5. The molecule has 0 radical (unpaired) electrons. The molecule has 0 aliphatic heterocycles. The first-order valence-corrected chi connectivity index (χ1v) is 9.45. The molecule has 0 spiro atoms. The fourth-order valence-electron chi connectivity index (χ4n) is 3.27. The number of nitrogens with zero attached hydrogens (tertiary/aromatic N) is 1. The predicted octanol–water partition coefficient (Wildman–Crippen LogP) is 5.44. The Morgan fingerprint density at radius 3 is 2.52 bits per heavy atom. The van der Waals surface area contributed by atoms with Crippen LogP contribution in [-0.4, -0.2) is 17.5 Å². The Balaban J connectivity index is 1.45. The van der Waals surface area contributed by atoms with Crippen molar-refractivity contribution in [1.82, 2.24) is 4.98 Å². The summed E-state index contributed by atoms with van der Waals surface area (Å²) in [5, 5.41) is 2.85. The fraction of sp³-hybridized carbons (Fsp3) is 0.167. The van der Waals surface area contributed by atoms with Crippen molar-refractivity contribution in [2.24, 2.45) is 0 Å². The molecular weight excluding hydrogens is 364 g/mol. The molecule has 5 heteroatoms. The molecule has 0 saturated carbocycles. The molecule has 1 N–H and O–H groups in total. The van der Waals surface area contributed by atoms with E-state index >= 15 is 0 Å². The summed E-state index contributed by atoms with van der Waals surface area (Å²) in [5.74, 6) is 1.02. The largest absolute Gasteiger partial charge is 0.484 e. The van der Waals surface area contributed by atoms with Gasteiger partial charge in [-0.3, -0.25) is 4.79 Å². The van der Waals surface area contributed by atoms with E-state index in [4.69, 9.17) is 9.15 Å². The van der Waals surface area contributed by atoms with Crippen LogP contribution in [0.2, 0.25) is 0 Å². The molecule has 0 aliphatic rings. The van der Waals surface area contributed by atoms with Crippen LogP contribution in [0.1, 0.15) is 16.7 Å². The van der Waals surface area contributed by atoms with Gasteiger partial charge >= 0.3 is 0 Å². The van der Waals surface area contributed by atoms with Crippen molar-refractivity contribution >= 4 is 22.7 Å². The molecule has 1 aromatic heterocycles. The van der Waals surface area contributed by atoms with Crippen molar-refractivity contribution in [3.63, 3.8) is 0 Å². The number of benzene rings is 3. The summed E-state index contributed by atoms with van der Waals surface area (Å²) in [4.78, 5) is 16.8. The Labute approximate surface area is 169 Å². The van der Waals surface area contributed by atoms with Crippen molar-refractivity contribution < 1.29 is 13.9 Å². The molecule has 0 bridgehead atoms. The maximum atomic E-state index is 12.3. The quantitative estimate of drug-likeness (QED) is 0.496. The van der Waals surface area contributed by atoms with Gasteiger partial charge in [0.2, 0.25) is 5.89 Å². The van der Waals surface area contributed by atoms with Gasteiger partial charge in [-0.25, -0.2) is 4.98 Å². The van der Waals surface area contributed by atoms with E-state index < -0.39 is 0 Å². The minimum absolute atomic E-state index is 0.0612. The van der Waals surface area contributed by atoms with Crippen LogP contribution in [0.15, 0.2) is 65.1 Å². The summed E-state index contributed by atoms with van der Waals surface area (Å²) in [6.45, 7) is 5.96. The van der Waals surface area contributed by atoms with Gasteiger partial charge in [-0.2, -0.15) is 0 Å². The number of aryl methyl sites for hydroxylation is 3. The summed E-state index contributed by atoms with van der Waals surface area (Å²) in [6, 6.07) is 19.3. The molecule has 0 fully saturated rings. The lowest BCUT2D eigenvalue weighted by Gasteiger charge is -2.09. The van der Waals surface area contributed by atoms with E-state index in [1.807, 2.05) is 63.2 Å². The Hall–Kier alpha value is -3.60. The Bertz CT molecular complexity index is 1170. The first kappa shape index (κ1) is 18.7. The summed E-state index contributed by atoms with van der Waals surface area (Å²) >= 11 is 0. The number of aromatic nitrogens is 1. The number of nitrogens with one attached hydrogen (secondary N) is 1. The lowest BCUT2D eigenvalue weighted by molar-refractivity contribution is -0.118. The van der Waals surface area contributed by atoms with Crippen molar-refractivity contribution in [2.75, 3.05) is 11.9 Å². The molecule has 0 saturated heterocycles. The number of rotatable bonds is 5. The molecular formula is C24H22N2O3. The SMILES string of the molecule is Cc1cc(C)cc(OCC(=O)Nc2ccc3oc(-c4cccc(C)c4)nc3c2)c1. The molecule has 0 atom stereocenters. The van der Waals surface area contributed by atoms with Crippen LogP contribution < -0.4 is 10.1 Å². The van der Waals surface area contributed by atoms with Crippen LogP contribution in [0.4, 0.5) is 5.69 Å². The molecule has 29 heavy (non-hydrogen) atoms. The summed E-state index contributed by atoms with van der Waals surface area (Å²) in [6.07, 6.45) is 0. The highest BCUT2D eigenvalue weighted by Crippen LogP contribution is 2.26. The van der Waals surface area contributed by atoms with Gasteiger partial charge in [0.05, 0.1) is 0 Å². The van der Waals surface area contributed by atoms with Gasteiger partial charge in [-0.1, -0.05) is 23.8 Å². The topological polar surface area (TPSA) is 64.4 Å². The lowest BCUT2D eigenvalue weighted by atomic mass is 10.1. The third-order valence-electron chi connectivity index (χ3n) is 4.50. The number of hydrogen-bond acceptors (Lipinski definition) is 4. The zero-order valence-corrected chi connectivity index (χ0v) is 16.7. The van der Waals surface area contributed by atoms with Crippen LogP contribution in [0.5, 0.6) is 5.75 Å². The van der Waals surface area contributed by atoms with Gasteiger partial charge < -0.3 is 14.5 Å². The number of amides is 1. The van der Waals surface area contributed by atoms with Gasteiger partial charge in [0, 0.05) is 11.3 Å². The number of ether oxygens (including phenoxy) is 1. The normalized spacial score (nSPS) is 10.9. The van der Waals surface area contributed by atoms with E-state index in [9.17, 15) is 4.79 Å². The summed E-state index contributed by atoms with van der Waals surface area (Å²) in [5.41, 5.74) is 6.27. The van der Waals surface area contributed by atoms with Crippen LogP contribution in [0.3, 0.4) is 0 Å². The van der Waals surface area contributed by atoms with E-state index in [2.05, 4.69) is 16.4 Å². The standard InChI is InChI=1S/C24H22N2O3/c1-15-5-4-6-18(10-15)24-26-21-13-19(7-8-22(21)29-24)25-23(27)14-28-20-11-16(2)9-17(3)12-20/h4-13H,14H2,1-3H3,(H,25,27). The molecule has 4 rings (SSSR count). The number of oxazole rings is 1. The van der Waals surface area contributed by atoms with E-state index in [0.29, 0.717) is 28.4 Å². The Morgan fingerprint density at radius 2 is 1.76 bits per heavy atom. The van der Waals surface area contributed by atoms with Crippen LogP contribution in [-0.2, 0) is 4.79 Å². The van der Waals surface area contributed by atoms with Crippen LogP contribution >= 0.6 is 0 Å². The average Bonchev–Trinajstić information content (AvgIpc) is 3.09. The predicted molar refractivity (Wildman–Crippen MR) is 114 cm³/mol. The maximum absolute atomic E-state index is 12.3. The van der Waals surface area contributed by atoms with Gasteiger partial charge in [-0.05, 0) is 74.4 Å². The van der Waals surface area contributed by atoms with Crippen molar-refractivity contribution in [2.45, 2.75) is 20.8 Å². The van der Waals surface area contributed by atoms with Crippen molar-refractivity contribution in [3.05, 3.63) is 77.4 Å². The number of anilines is 1. The number of fused-ring (bicyclic) bond motifs is 1. The molecule has 5 nitrogen and oxygen atoms in total. The zero-order chi connectivity index (χ0) is 20.4. The van der Waals surface area contributed by atoms with Crippen molar-refractivity contribution in [1.29, 1.82) is 0 Å². The minimum Gasteiger partial charge on any atom is -0.484 e. The lowest BCUT2D eigenvalue weighted by Crippen LogP contribution is -2.20. The molecule has 1 heterocycles. The maximum Gasteiger partial charge on any atom is 0.262 e. The Kier molecular flexibility index (Phi) is 5.04. The second kappa shape index (κ2) is 7.80. The van der Waals surface area contributed by atoms with Gasteiger partial charge in [0.25, 0.3) is 5.91 Å².